The lowest BCUT2D eigenvalue weighted by Crippen LogP contribution is -2.43. The van der Waals surface area contributed by atoms with Crippen LogP contribution in [0.5, 0.6) is 0 Å². The van der Waals surface area contributed by atoms with Crippen LogP contribution in [0.15, 0.2) is 16.8 Å². The van der Waals surface area contributed by atoms with Crippen molar-refractivity contribution in [2.45, 2.75) is 58.0 Å². The summed E-state index contributed by atoms with van der Waals surface area (Å²) in [5.41, 5.74) is 1.19. The number of hydrogen-bond acceptors (Lipinski definition) is 4. The second-order valence-corrected chi connectivity index (χ2v) is 7.27. The molecule has 3 heterocycles. The van der Waals surface area contributed by atoms with Gasteiger partial charge in [0.05, 0.1) is 18.2 Å². The van der Waals surface area contributed by atoms with E-state index < -0.39 is 0 Å². The van der Waals surface area contributed by atoms with E-state index in [1.54, 1.807) is 11.3 Å². The maximum atomic E-state index is 12.9. The summed E-state index contributed by atoms with van der Waals surface area (Å²) in [6.07, 6.45) is 1.94. The third-order valence-corrected chi connectivity index (χ3v) is 5.15. The van der Waals surface area contributed by atoms with E-state index in [1.807, 2.05) is 4.90 Å². The molecule has 1 N–H and O–H groups in total. The molecule has 21 heavy (non-hydrogen) atoms. The van der Waals surface area contributed by atoms with Gasteiger partial charge < -0.3 is 9.64 Å². The molecule has 1 amide bonds. The molecule has 0 aliphatic carbocycles. The molecule has 5 heteroatoms. The van der Waals surface area contributed by atoms with Crippen LogP contribution in [0.1, 0.15) is 45.3 Å². The molecule has 1 aromatic heterocycles. The Morgan fingerprint density at radius 3 is 2.90 bits per heavy atom. The first kappa shape index (κ1) is 15.0. The van der Waals surface area contributed by atoms with Crippen LogP contribution in [-0.2, 0) is 9.53 Å². The highest BCUT2D eigenvalue weighted by Crippen LogP contribution is 2.34. The van der Waals surface area contributed by atoms with Gasteiger partial charge in [0.15, 0.2) is 0 Å². The summed E-state index contributed by atoms with van der Waals surface area (Å²) < 4.78 is 5.69. The zero-order chi connectivity index (χ0) is 15.0. The number of rotatable bonds is 4. The Hall–Kier alpha value is -0.910. The molecule has 2 aliphatic rings. The molecule has 0 aromatic carbocycles. The van der Waals surface area contributed by atoms with Gasteiger partial charge in [-0.15, -0.1) is 0 Å². The van der Waals surface area contributed by atoms with Crippen LogP contribution in [0.2, 0.25) is 0 Å². The zero-order valence-electron chi connectivity index (χ0n) is 12.9. The fourth-order valence-electron chi connectivity index (χ4n) is 3.42. The quantitative estimate of drug-likeness (QED) is 0.930. The van der Waals surface area contributed by atoms with Crippen LogP contribution >= 0.6 is 11.3 Å². The monoisotopic (exact) mass is 308 g/mol. The highest BCUT2D eigenvalue weighted by Gasteiger charge is 2.46. The lowest BCUT2D eigenvalue weighted by Gasteiger charge is -2.31. The molecule has 2 saturated heterocycles. The molecule has 2 fully saturated rings. The Morgan fingerprint density at radius 2 is 2.33 bits per heavy atom. The van der Waals surface area contributed by atoms with E-state index in [2.05, 4.69) is 42.9 Å². The summed E-state index contributed by atoms with van der Waals surface area (Å²) in [7, 11) is 0. The first-order valence-corrected chi connectivity index (χ1v) is 8.74. The number of hydrogen-bond donors (Lipinski definition) is 1. The molecule has 116 valence electrons. The highest BCUT2D eigenvalue weighted by atomic mass is 32.1. The topological polar surface area (TPSA) is 41.6 Å². The van der Waals surface area contributed by atoms with Crippen LogP contribution in [0.4, 0.5) is 0 Å². The fraction of sp³-hybridized carbons (Fsp3) is 0.688. The first-order valence-electron chi connectivity index (χ1n) is 7.80. The Bertz CT molecular complexity index is 488. The van der Waals surface area contributed by atoms with E-state index in [4.69, 9.17) is 4.74 Å². The third-order valence-electron chi connectivity index (χ3n) is 4.45. The van der Waals surface area contributed by atoms with E-state index in [1.165, 1.54) is 5.56 Å². The van der Waals surface area contributed by atoms with Gasteiger partial charge in [-0.2, -0.15) is 11.3 Å². The molecule has 4 unspecified atom stereocenters. The third kappa shape index (κ3) is 2.87. The van der Waals surface area contributed by atoms with Gasteiger partial charge in [0.2, 0.25) is 5.91 Å². The van der Waals surface area contributed by atoms with Crippen LogP contribution in [-0.4, -0.2) is 35.6 Å². The molecule has 0 saturated carbocycles. The SMILES string of the molecule is CC(C)CC1NC(c2ccsc2)N(C2CCOC2C)C1=O. The maximum absolute atomic E-state index is 12.9. The smallest absolute Gasteiger partial charge is 0.241 e. The zero-order valence-corrected chi connectivity index (χ0v) is 13.7. The van der Waals surface area contributed by atoms with Gasteiger partial charge in [-0.1, -0.05) is 13.8 Å². The molecule has 2 aliphatic heterocycles. The summed E-state index contributed by atoms with van der Waals surface area (Å²) in [4.78, 5) is 14.9. The van der Waals surface area contributed by atoms with Crippen molar-refractivity contribution in [1.29, 1.82) is 0 Å². The van der Waals surface area contributed by atoms with Crippen molar-refractivity contribution in [2.75, 3.05) is 6.61 Å². The standard InChI is InChI=1S/C16H24N2O2S/c1-10(2)8-13-16(19)18(14-4-6-20-11(14)3)15(17-13)12-5-7-21-9-12/h5,7,9-11,13-15,17H,4,6,8H2,1-3H3. The van der Waals surface area contributed by atoms with Crippen LogP contribution < -0.4 is 5.32 Å². The lowest BCUT2D eigenvalue weighted by atomic mass is 10.0. The average molecular weight is 308 g/mol. The number of nitrogens with one attached hydrogen (secondary N) is 1. The number of carbonyl (C=O) groups excluding carboxylic acids is 1. The Labute approximate surface area is 130 Å². The second-order valence-electron chi connectivity index (χ2n) is 6.49. The number of thiophene rings is 1. The van der Waals surface area contributed by atoms with Gasteiger partial charge in [-0.3, -0.25) is 10.1 Å². The Balaban J connectivity index is 1.87. The van der Waals surface area contributed by atoms with Crippen molar-refractivity contribution >= 4 is 17.2 Å². The summed E-state index contributed by atoms with van der Waals surface area (Å²) in [5.74, 6) is 0.744. The van der Waals surface area contributed by atoms with Crippen molar-refractivity contribution < 1.29 is 9.53 Å². The predicted molar refractivity (Wildman–Crippen MR) is 84.1 cm³/mol. The number of amides is 1. The van der Waals surface area contributed by atoms with Crippen LogP contribution in [0, 0.1) is 5.92 Å². The van der Waals surface area contributed by atoms with Crippen molar-refractivity contribution in [3.05, 3.63) is 22.4 Å². The molecule has 4 atom stereocenters. The molecule has 0 spiro atoms. The Kier molecular flexibility index (Phi) is 4.33. The minimum absolute atomic E-state index is 0.00153. The summed E-state index contributed by atoms with van der Waals surface area (Å²) in [5, 5.41) is 7.76. The van der Waals surface area contributed by atoms with Crippen molar-refractivity contribution in [3.8, 4) is 0 Å². The molecule has 1 aromatic rings. The molecular weight excluding hydrogens is 284 g/mol. The van der Waals surface area contributed by atoms with Crippen LogP contribution in [0.3, 0.4) is 0 Å². The van der Waals surface area contributed by atoms with Crippen molar-refractivity contribution in [1.82, 2.24) is 10.2 Å². The van der Waals surface area contributed by atoms with E-state index in [0.717, 1.165) is 19.4 Å². The maximum Gasteiger partial charge on any atom is 0.241 e. The molecular formula is C16H24N2O2S. The van der Waals surface area contributed by atoms with Crippen LogP contribution in [0.25, 0.3) is 0 Å². The van der Waals surface area contributed by atoms with Gasteiger partial charge in [0.25, 0.3) is 0 Å². The predicted octanol–water partition coefficient (Wildman–Crippen LogP) is 2.77. The Morgan fingerprint density at radius 1 is 1.52 bits per heavy atom. The van der Waals surface area contributed by atoms with E-state index in [9.17, 15) is 4.79 Å². The summed E-state index contributed by atoms with van der Waals surface area (Å²) >= 11 is 1.68. The molecule has 0 bridgehead atoms. The van der Waals surface area contributed by atoms with Gasteiger partial charge in [0.1, 0.15) is 6.17 Å². The minimum atomic E-state index is -0.0669. The molecule has 0 radical (unpaired) electrons. The number of carbonyl (C=O) groups is 1. The van der Waals surface area contributed by atoms with Gasteiger partial charge in [-0.25, -0.2) is 0 Å². The highest BCUT2D eigenvalue weighted by molar-refractivity contribution is 7.07. The normalized spacial score (nSPS) is 33.3. The first-order chi connectivity index (χ1) is 10.1. The fourth-order valence-corrected chi connectivity index (χ4v) is 4.10. The molecule has 3 rings (SSSR count). The van der Waals surface area contributed by atoms with Gasteiger partial charge in [-0.05, 0) is 48.1 Å². The largest absolute Gasteiger partial charge is 0.376 e. The van der Waals surface area contributed by atoms with E-state index in [0.29, 0.717) is 5.92 Å². The molecule has 4 nitrogen and oxygen atoms in total. The van der Waals surface area contributed by atoms with Crippen molar-refractivity contribution in [3.63, 3.8) is 0 Å². The summed E-state index contributed by atoms with van der Waals surface area (Å²) in [6.45, 7) is 7.16. The van der Waals surface area contributed by atoms with E-state index in [-0.39, 0.29) is 30.3 Å². The van der Waals surface area contributed by atoms with Crippen molar-refractivity contribution in [2.24, 2.45) is 5.92 Å². The summed E-state index contributed by atoms with van der Waals surface area (Å²) in [6, 6.07) is 2.23. The second kappa shape index (κ2) is 6.07. The lowest BCUT2D eigenvalue weighted by molar-refractivity contribution is -0.133. The van der Waals surface area contributed by atoms with Gasteiger partial charge >= 0.3 is 0 Å². The minimum Gasteiger partial charge on any atom is -0.376 e. The van der Waals surface area contributed by atoms with Gasteiger partial charge in [0, 0.05) is 6.61 Å². The number of nitrogens with zero attached hydrogens (tertiary/aromatic N) is 1. The van der Waals surface area contributed by atoms with E-state index >= 15 is 0 Å². The number of ether oxygens (including phenoxy) is 1. The average Bonchev–Trinajstić information content (AvgIpc) is 3.12.